The molecule has 0 fully saturated rings. The lowest BCUT2D eigenvalue weighted by Crippen LogP contribution is -1.74. The molecule has 0 aliphatic carbocycles. The van der Waals surface area contributed by atoms with Crippen molar-refractivity contribution in [2.45, 2.75) is 6.92 Å². The van der Waals surface area contributed by atoms with Gasteiger partial charge in [-0.2, -0.15) is 0 Å². The lowest BCUT2D eigenvalue weighted by atomic mass is 10.4. The van der Waals surface area contributed by atoms with Crippen LogP contribution in [0.3, 0.4) is 0 Å². The Morgan fingerprint density at radius 2 is 2.13 bits per heavy atom. The second-order valence-corrected chi connectivity index (χ2v) is 1.97. The highest BCUT2D eigenvalue weighted by molar-refractivity contribution is 6.14. The average Bonchev–Trinajstić information content (AvgIpc) is 2.25. The van der Waals surface area contributed by atoms with E-state index in [1.165, 1.54) is 6.21 Å². The molecule has 0 rings (SSSR count). The lowest BCUT2D eigenvalue weighted by molar-refractivity contribution is 1.49. The molecule has 0 unspecified atom stereocenters. The monoisotopic (exact) mass is 192 g/mol. The van der Waals surface area contributed by atoms with E-state index < -0.39 is 0 Å². The van der Waals surface area contributed by atoms with Gasteiger partial charge in [-0.05, 0) is 48.5 Å². The molecule has 0 aliphatic heterocycles. The van der Waals surface area contributed by atoms with Gasteiger partial charge in [0, 0.05) is 12.4 Å². The number of hydrogen-bond donors (Lipinski definition) is 1. The van der Waals surface area contributed by atoms with E-state index in [9.17, 15) is 0 Å². The largest absolute Gasteiger partial charge is 0.307 e. The van der Waals surface area contributed by atoms with Crippen LogP contribution in [0.15, 0.2) is 40.2 Å². The third-order valence-corrected chi connectivity index (χ3v) is 0.978. The van der Waals surface area contributed by atoms with Crippen LogP contribution in [-0.4, -0.2) is 12.4 Å². The van der Waals surface area contributed by atoms with Crippen molar-refractivity contribution >= 4 is 12.4 Å². The summed E-state index contributed by atoms with van der Waals surface area (Å²) < 4.78 is 0. The Morgan fingerprint density at radius 1 is 1.33 bits per heavy atom. The van der Waals surface area contributed by atoms with Crippen molar-refractivity contribution in [1.29, 1.82) is 5.41 Å². The van der Waals surface area contributed by atoms with E-state index in [1.54, 1.807) is 6.92 Å². The molecule has 0 aliphatic rings. The van der Waals surface area contributed by atoms with Gasteiger partial charge in [-0.1, -0.05) is 11.7 Å². The van der Waals surface area contributed by atoms with Crippen LogP contribution in [0.2, 0.25) is 0 Å². The smallest absolute Gasteiger partial charge is 0.165 e. The van der Waals surface area contributed by atoms with Crippen LogP contribution in [0.1, 0.15) is 6.92 Å². The van der Waals surface area contributed by atoms with Gasteiger partial charge in [0.25, 0.3) is 0 Å². The molecule has 2 heteroatoms. The average molecular weight is 192 g/mol. The van der Waals surface area contributed by atoms with Gasteiger partial charge in [0.1, 0.15) is 0 Å². The first-order chi connectivity index (χ1) is 7.35. The maximum Gasteiger partial charge on any atom is 0.165 e. The fourth-order valence-corrected chi connectivity index (χ4v) is 0.495. The molecule has 1 N–H and O–H groups in total. The zero-order chi connectivity index (χ0) is 11.4. The van der Waals surface area contributed by atoms with Crippen molar-refractivity contribution < 1.29 is 0 Å². The van der Waals surface area contributed by atoms with Crippen molar-refractivity contribution in [1.82, 2.24) is 0 Å². The second-order valence-electron chi connectivity index (χ2n) is 1.97. The van der Waals surface area contributed by atoms with E-state index in [-0.39, 0.29) is 0 Å². The maximum atomic E-state index is 6.77. The molecular formula is C13H8N2. The van der Waals surface area contributed by atoms with Crippen molar-refractivity contribution in [3.8, 4) is 23.7 Å². The van der Waals surface area contributed by atoms with Gasteiger partial charge < -0.3 is 5.41 Å². The normalized spacial score (nSPS) is 6.47. The molecule has 0 heterocycles. The highest BCUT2D eigenvalue weighted by Gasteiger charge is 1.80. The predicted molar refractivity (Wildman–Crippen MR) is 61.7 cm³/mol. The minimum atomic E-state index is 0.323. The van der Waals surface area contributed by atoms with Crippen LogP contribution in [0.4, 0.5) is 0 Å². The van der Waals surface area contributed by atoms with Gasteiger partial charge in [0.15, 0.2) is 5.70 Å². The highest BCUT2D eigenvalue weighted by atomic mass is 14.7. The molecule has 0 amide bonds. The van der Waals surface area contributed by atoms with E-state index in [2.05, 4.69) is 58.2 Å². The Balaban J connectivity index is 5.34. The Hall–Kier alpha value is -2.68. The summed E-state index contributed by atoms with van der Waals surface area (Å²) in [5, 5.41) is 6.77. The van der Waals surface area contributed by atoms with E-state index in [0.29, 0.717) is 5.70 Å². The highest BCUT2D eigenvalue weighted by Crippen LogP contribution is 1.88. The van der Waals surface area contributed by atoms with Gasteiger partial charge in [0.05, 0.1) is 0 Å². The van der Waals surface area contributed by atoms with Crippen molar-refractivity contribution in [2.24, 2.45) is 4.99 Å². The maximum absolute atomic E-state index is 6.77. The summed E-state index contributed by atoms with van der Waals surface area (Å²) in [6.07, 6.45) is 2.33. The minimum Gasteiger partial charge on any atom is -0.307 e. The third-order valence-electron chi connectivity index (χ3n) is 0.978. The van der Waals surface area contributed by atoms with Gasteiger partial charge in [-0.3, -0.25) is 0 Å². The summed E-state index contributed by atoms with van der Waals surface area (Å²) in [5.74, 6) is 10.4. The SMILES string of the molecule is C=C=C=C=C=C(C#CC#CC)/N=C\C=N. The molecule has 0 bridgehead atoms. The van der Waals surface area contributed by atoms with Crippen LogP contribution >= 0.6 is 0 Å². The number of nitrogens with zero attached hydrogens (tertiary/aromatic N) is 1. The topological polar surface area (TPSA) is 36.2 Å². The van der Waals surface area contributed by atoms with Crippen LogP contribution < -0.4 is 0 Å². The first kappa shape index (κ1) is 12.3. The van der Waals surface area contributed by atoms with E-state index >= 15 is 0 Å². The minimum absolute atomic E-state index is 0.323. The molecule has 0 spiro atoms. The molecule has 70 valence electrons. The number of nitrogens with one attached hydrogen (secondary N) is 1. The van der Waals surface area contributed by atoms with E-state index in [4.69, 9.17) is 5.41 Å². The van der Waals surface area contributed by atoms with Crippen LogP contribution in [0.5, 0.6) is 0 Å². The summed E-state index contributed by atoms with van der Waals surface area (Å²) in [5.41, 5.74) is 10.3. The Labute approximate surface area is 89.2 Å². The Bertz CT molecular complexity index is 531. The van der Waals surface area contributed by atoms with Gasteiger partial charge in [0.2, 0.25) is 0 Å². The van der Waals surface area contributed by atoms with Crippen LogP contribution in [-0.2, 0) is 0 Å². The Kier molecular flexibility index (Phi) is 7.73. The first-order valence-electron chi connectivity index (χ1n) is 3.96. The third kappa shape index (κ3) is 7.67. The lowest BCUT2D eigenvalue weighted by Gasteiger charge is -1.78. The fraction of sp³-hybridized carbons (Fsp3) is 0.0769. The number of rotatable bonds is 2. The number of allylic oxidation sites excluding steroid dienone is 1. The van der Waals surface area contributed by atoms with Crippen molar-refractivity contribution in [3.63, 3.8) is 0 Å². The molecule has 15 heavy (non-hydrogen) atoms. The van der Waals surface area contributed by atoms with E-state index in [0.717, 1.165) is 6.21 Å². The number of hydrogen-bond acceptors (Lipinski definition) is 2. The van der Waals surface area contributed by atoms with Crippen LogP contribution in [0, 0.1) is 29.1 Å². The summed E-state index contributed by atoms with van der Waals surface area (Å²) in [4.78, 5) is 3.83. The second kappa shape index (κ2) is 9.41. The quantitative estimate of drug-likeness (QED) is 0.394. The van der Waals surface area contributed by atoms with Crippen molar-refractivity contribution in [2.75, 3.05) is 0 Å². The Morgan fingerprint density at radius 3 is 2.73 bits per heavy atom. The summed E-state index contributed by atoms with van der Waals surface area (Å²) in [7, 11) is 0. The van der Waals surface area contributed by atoms with Crippen LogP contribution in [0.25, 0.3) is 0 Å². The molecule has 0 aromatic heterocycles. The fourth-order valence-electron chi connectivity index (χ4n) is 0.495. The summed E-state index contributed by atoms with van der Waals surface area (Å²) in [6.45, 7) is 5.00. The molecule has 0 aromatic carbocycles. The standard InChI is InChI=1S/C13H8N2/c1-3-5-7-9-13(15-12-11-14)10-8-6-4-2/h11-12,14H,1H2,2H3/b14-11?,15-12-. The zero-order valence-electron chi connectivity index (χ0n) is 8.31. The first-order valence-corrected chi connectivity index (χ1v) is 3.96. The van der Waals surface area contributed by atoms with E-state index in [1.807, 2.05) is 0 Å². The van der Waals surface area contributed by atoms with Gasteiger partial charge in [-0.15, -0.1) is 0 Å². The number of aliphatic imine (C=N–C) groups is 1. The predicted octanol–water partition coefficient (Wildman–Crippen LogP) is 1.87. The van der Waals surface area contributed by atoms with Gasteiger partial charge >= 0.3 is 0 Å². The summed E-state index contributed by atoms with van der Waals surface area (Å²) in [6, 6.07) is 0. The molecule has 0 atom stereocenters. The molecule has 2 nitrogen and oxygen atoms in total. The molecular weight excluding hydrogens is 184 g/mol. The van der Waals surface area contributed by atoms with Gasteiger partial charge in [-0.25, -0.2) is 4.99 Å². The van der Waals surface area contributed by atoms with Crippen molar-refractivity contribution in [3.05, 3.63) is 35.2 Å². The summed E-state index contributed by atoms with van der Waals surface area (Å²) >= 11 is 0. The molecule has 0 aromatic rings. The molecule has 0 radical (unpaired) electrons. The zero-order valence-corrected chi connectivity index (χ0v) is 8.31. The molecule has 0 saturated carbocycles. The molecule has 0 saturated heterocycles.